The lowest BCUT2D eigenvalue weighted by atomic mass is 10.1. The summed E-state index contributed by atoms with van der Waals surface area (Å²) in [7, 11) is 1.46. The van der Waals surface area contributed by atoms with E-state index in [4.69, 9.17) is 13.8 Å². The summed E-state index contributed by atoms with van der Waals surface area (Å²) in [6, 6.07) is -0.872. The van der Waals surface area contributed by atoms with Crippen LogP contribution in [0.5, 0.6) is 0 Å². The number of rotatable bonds is 51. The van der Waals surface area contributed by atoms with Crippen molar-refractivity contribution in [1.82, 2.24) is 5.32 Å². The minimum atomic E-state index is -4.46. The molecule has 9 nitrogen and oxygen atoms in total. The summed E-state index contributed by atoms with van der Waals surface area (Å²) in [5.74, 6) is -0.563. The number of amides is 1. The highest BCUT2D eigenvalue weighted by Crippen LogP contribution is 2.43. The topological polar surface area (TPSA) is 111 Å². The highest BCUT2D eigenvalue weighted by atomic mass is 31.2. The molecule has 0 bridgehead atoms. The maximum absolute atomic E-state index is 13.5. The second kappa shape index (κ2) is 50.0. The number of nitrogens with zero attached hydrogens (tertiary/aromatic N) is 1. The lowest BCUT2D eigenvalue weighted by molar-refractivity contribution is -0.870. The number of nitrogens with one attached hydrogen (secondary N) is 1. The third kappa shape index (κ3) is 50.4. The molecular weight excluding hydrogens is 892 g/mol. The summed E-state index contributed by atoms with van der Waals surface area (Å²) in [5, 5.41) is 3.02. The van der Waals surface area contributed by atoms with Crippen molar-refractivity contribution < 1.29 is 37.3 Å². The molecule has 0 radical (unpaired) electrons. The van der Waals surface area contributed by atoms with E-state index in [0.717, 1.165) is 83.5 Å². The maximum atomic E-state index is 13.5. The summed E-state index contributed by atoms with van der Waals surface area (Å²) < 4.78 is 30.6. The smallest absolute Gasteiger partial charge is 0.456 e. The van der Waals surface area contributed by atoms with Crippen molar-refractivity contribution in [3.8, 4) is 0 Å². The van der Waals surface area contributed by atoms with Crippen LogP contribution in [0.15, 0.2) is 72.9 Å². The van der Waals surface area contributed by atoms with E-state index >= 15 is 0 Å². The zero-order chi connectivity index (χ0) is 51.5. The Kier molecular flexibility index (Phi) is 48.2. The van der Waals surface area contributed by atoms with Crippen molar-refractivity contribution in [3.63, 3.8) is 0 Å². The third-order valence-electron chi connectivity index (χ3n) is 12.4. The van der Waals surface area contributed by atoms with E-state index in [1.54, 1.807) is 0 Å². The number of carbonyl (C=O) groups is 2. The van der Waals surface area contributed by atoms with Gasteiger partial charge in [0, 0.05) is 12.8 Å². The van der Waals surface area contributed by atoms with Gasteiger partial charge in [0.2, 0.25) is 5.91 Å². The lowest BCUT2D eigenvalue weighted by Gasteiger charge is -2.27. The number of phosphoric acid groups is 1. The van der Waals surface area contributed by atoms with Crippen LogP contribution in [0.25, 0.3) is 0 Å². The van der Waals surface area contributed by atoms with Gasteiger partial charge in [0.1, 0.15) is 19.3 Å². The van der Waals surface area contributed by atoms with Crippen LogP contribution in [0.3, 0.4) is 0 Å². The van der Waals surface area contributed by atoms with Crippen LogP contribution in [-0.4, -0.2) is 74.3 Å². The van der Waals surface area contributed by atoms with Gasteiger partial charge in [-0.15, -0.1) is 0 Å². The van der Waals surface area contributed by atoms with E-state index in [9.17, 15) is 19.0 Å². The monoisotopic (exact) mass is 1000 g/mol. The Morgan fingerprint density at radius 1 is 0.514 bits per heavy atom. The molecule has 70 heavy (non-hydrogen) atoms. The molecule has 3 atom stereocenters. The Morgan fingerprint density at radius 3 is 1.43 bits per heavy atom. The first-order valence-electron chi connectivity index (χ1n) is 28.8. The van der Waals surface area contributed by atoms with Crippen LogP contribution in [0.1, 0.15) is 245 Å². The van der Waals surface area contributed by atoms with Crippen LogP contribution < -0.4 is 5.32 Å². The molecular formula is C60H110N2O7P+. The van der Waals surface area contributed by atoms with Gasteiger partial charge in [-0.2, -0.15) is 0 Å². The van der Waals surface area contributed by atoms with Crippen LogP contribution in [-0.2, 0) is 27.9 Å². The maximum Gasteiger partial charge on any atom is 0.472 e. The largest absolute Gasteiger partial charge is 0.472 e. The normalized spacial score (nSPS) is 14.3. The van der Waals surface area contributed by atoms with Gasteiger partial charge in [-0.05, 0) is 96.0 Å². The quantitative estimate of drug-likeness (QED) is 0.0156. The van der Waals surface area contributed by atoms with Gasteiger partial charge in [0.05, 0.1) is 33.8 Å². The second-order valence-electron chi connectivity index (χ2n) is 20.5. The fourth-order valence-corrected chi connectivity index (χ4v) is 8.61. The number of quaternary nitrogens is 1. The van der Waals surface area contributed by atoms with Crippen molar-refractivity contribution in [2.45, 2.75) is 258 Å². The number of hydrogen-bond donors (Lipinski definition) is 2. The molecule has 1 amide bonds. The molecule has 0 saturated heterocycles. The highest BCUT2D eigenvalue weighted by Gasteiger charge is 2.30. The molecule has 0 aliphatic heterocycles. The van der Waals surface area contributed by atoms with Gasteiger partial charge in [-0.1, -0.05) is 210 Å². The SMILES string of the molecule is CCCCC/C=C\C/C=C\C/C=C\CCCCCCC(=O)OC(/C=C/CCCCCCCCCCC)C(COP(=O)(O)OCC[N+](C)(C)C)NC(=O)CCCCC/C=C/C=C/CCCCCCCCC. The van der Waals surface area contributed by atoms with E-state index in [2.05, 4.69) is 86.8 Å². The van der Waals surface area contributed by atoms with Gasteiger partial charge >= 0.3 is 13.8 Å². The Bertz CT molecular complexity index is 1430. The van der Waals surface area contributed by atoms with E-state index in [0.29, 0.717) is 30.3 Å². The van der Waals surface area contributed by atoms with Crippen LogP contribution >= 0.6 is 7.82 Å². The zero-order valence-electron chi connectivity index (χ0n) is 46.2. The number of likely N-dealkylation sites (N-methyl/N-ethyl adjacent to an activating group) is 1. The van der Waals surface area contributed by atoms with Gasteiger partial charge < -0.3 is 19.4 Å². The number of ether oxygens (including phenoxy) is 1. The van der Waals surface area contributed by atoms with E-state index in [1.807, 2.05) is 33.3 Å². The first-order chi connectivity index (χ1) is 33.9. The Balaban J connectivity index is 5.41. The number of allylic oxidation sites excluding steroid dienone is 11. The van der Waals surface area contributed by atoms with Crippen molar-refractivity contribution in [1.29, 1.82) is 0 Å². The van der Waals surface area contributed by atoms with Crippen molar-refractivity contribution in [3.05, 3.63) is 72.9 Å². The summed E-state index contributed by atoms with van der Waals surface area (Å²) in [6.07, 6.45) is 63.2. The standard InChI is InChI=1S/C60H109N2O7P/c1-7-10-13-16-19-22-25-27-29-31-33-35-38-41-44-47-50-53-60(64)69-58(51-48-45-42-39-36-24-21-18-15-12-9-3)57(56-68-70(65,66)67-55-54-62(4,5)6)61-59(63)52-49-46-43-40-37-34-32-30-28-26-23-20-17-14-11-8-2/h19,22,27,29-30,32-35,37,48,51,57-58H,7-18,20-21,23-26,28,31,36,38-47,49-50,52-56H2,1-6H3,(H-,61,63,65,66)/p+1/b22-19-,29-27-,32-30+,35-33-,37-34+,51-48+. The first kappa shape index (κ1) is 67.5. The van der Waals surface area contributed by atoms with E-state index < -0.39 is 20.0 Å². The predicted molar refractivity (Wildman–Crippen MR) is 300 cm³/mol. The van der Waals surface area contributed by atoms with Gasteiger partial charge in [-0.3, -0.25) is 18.6 Å². The number of esters is 1. The van der Waals surface area contributed by atoms with Gasteiger partial charge in [0.15, 0.2) is 0 Å². The average molecular weight is 1000 g/mol. The van der Waals surface area contributed by atoms with E-state index in [1.165, 1.54) is 116 Å². The van der Waals surface area contributed by atoms with Gasteiger partial charge in [-0.25, -0.2) is 4.57 Å². The molecule has 0 saturated carbocycles. The summed E-state index contributed by atoms with van der Waals surface area (Å²) in [6.45, 7) is 6.93. The van der Waals surface area contributed by atoms with Crippen LogP contribution in [0, 0.1) is 0 Å². The average Bonchev–Trinajstić information content (AvgIpc) is 3.32. The van der Waals surface area contributed by atoms with Gasteiger partial charge in [0.25, 0.3) is 0 Å². The third-order valence-corrected chi connectivity index (χ3v) is 13.4. The Hall–Kier alpha value is -2.55. The first-order valence-corrected chi connectivity index (χ1v) is 30.3. The Morgan fingerprint density at radius 2 is 0.914 bits per heavy atom. The molecule has 0 rings (SSSR count). The Labute approximate surface area is 432 Å². The number of carbonyl (C=O) groups excluding carboxylic acids is 2. The van der Waals surface area contributed by atoms with Crippen LogP contribution in [0.4, 0.5) is 0 Å². The molecule has 406 valence electrons. The fraction of sp³-hybridized carbons (Fsp3) is 0.767. The molecule has 0 aliphatic carbocycles. The summed E-state index contributed by atoms with van der Waals surface area (Å²) >= 11 is 0. The minimum Gasteiger partial charge on any atom is -0.456 e. The van der Waals surface area contributed by atoms with Crippen molar-refractivity contribution in [2.24, 2.45) is 0 Å². The molecule has 0 fully saturated rings. The highest BCUT2D eigenvalue weighted by molar-refractivity contribution is 7.47. The van der Waals surface area contributed by atoms with E-state index in [-0.39, 0.29) is 31.5 Å². The summed E-state index contributed by atoms with van der Waals surface area (Å²) in [4.78, 5) is 37.5. The lowest BCUT2D eigenvalue weighted by Crippen LogP contribution is -2.47. The molecule has 3 unspecified atom stereocenters. The zero-order valence-corrected chi connectivity index (χ0v) is 47.1. The molecule has 0 aliphatic rings. The molecule has 0 aromatic heterocycles. The molecule has 0 aromatic rings. The molecule has 2 N–H and O–H groups in total. The number of unbranched alkanes of at least 4 members (excludes halogenated alkanes) is 26. The molecule has 0 heterocycles. The summed E-state index contributed by atoms with van der Waals surface area (Å²) in [5.41, 5.74) is 0. The fourth-order valence-electron chi connectivity index (χ4n) is 7.88. The molecule has 0 spiro atoms. The second-order valence-corrected chi connectivity index (χ2v) is 21.9. The number of hydrogen-bond acceptors (Lipinski definition) is 6. The number of phosphoric ester groups is 1. The van der Waals surface area contributed by atoms with Crippen molar-refractivity contribution in [2.75, 3.05) is 40.9 Å². The molecule has 10 heteroatoms. The predicted octanol–water partition coefficient (Wildman–Crippen LogP) is 17.3. The minimum absolute atomic E-state index is 0.0289. The molecule has 0 aromatic carbocycles. The van der Waals surface area contributed by atoms with Crippen LogP contribution in [0.2, 0.25) is 0 Å². The van der Waals surface area contributed by atoms with Crippen molar-refractivity contribution >= 4 is 19.7 Å².